The normalized spacial score (nSPS) is 13.1. The summed E-state index contributed by atoms with van der Waals surface area (Å²) in [5.74, 6) is 0.166. The van der Waals surface area contributed by atoms with Crippen molar-refractivity contribution in [3.05, 3.63) is 74.6 Å². The van der Waals surface area contributed by atoms with Crippen LogP contribution in [-0.2, 0) is 11.3 Å². The summed E-state index contributed by atoms with van der Waals surface area (Å²) >= 11 is 7.48. The highest BCUT2D eigenvalue weighted by Gasteiger charge is 2.26. The summed E-state index contributed by atoms with van der Waals surface area (Å²) in [6.45, 7) is 4.29. The summed E-state index contributed by atoms with van der Waals surface area (Å²) < 4.78 is 6.86. The Morgan fingerprint density at radius 2 is 1.94 bits per heavy atom. The number of anilines is 1. The molecule has 1 aliphatic rings. The van der Waals surface area contributed by atoms with Crippen LogP contribution in [-0.4, -0.2) is 34.4 Å². The summed E-state index contributed by atoms with van der Waals surface area (Å²) in [5, 5.41) is 1.10. The number of ketones is 1. The molecule has 9 heteroatoms. The number of hydrogen-bond acceptors (Lipinski definition) is 6. The lowest BCUT2D eigenvalue weighted by molar-refractivity contribution is -0.121. The van der Waals surface area contributed by atoms with Crippen molar-refractivity contribution in [3.8, 4) is 16.9 Å². The minimum Gasteiger partial charge on any atom is -0.482 e. The number of thiophene rings is 1. The highest BCUT2D eigenvalue weighted by Crippen LogP contribution is 2.36. The molecule has 3 heterocycles. The Labute approximate surface area is 210 Å². The summed E-state index contributed by atoms with van der Waals surface area (Å²) in [6, 6.07) is 12.3. The first-order valence-corrected chi connectivity index (χ1v) is 12.4. The quantitative estimate of drug-likeness (QED) is 0.339. The molecule has 0 N–H and O–H groups in total. The van der Waals surface area contributed by atoms with Gasteiger partial charge in [-0.15, -0.1) is 11.3 Å². The first-order valence-electron chi connectivity index (χ1n) is 11.2. The minimum absolute atomic E-state index is 0.0165. The molecule has 1 aliphatic heterocycles. The topological polar surface area (TPSA) is 81.5 Å². The average Bonchev–Trinajstić information content (AvgIpc) is 3.19. The molecule has 0 bridgehead atoms. The van der Waals surface area contributed by atoms with Crippen LogP contribution in [0.15, 0.2) is 53.6 Å². The van der Waals surface area contributed by atoms with E-state index in [1.54, 1.807) is 35.2 Å². The van der Waals surface area contributed by atoms with Crippen molar-refractivity contribution < 1.29 is 14.3 Å². The predicted octanol–water partition coefficient (Wildman–Crippen LogP) is 5.11. The van der Waals surface area contributed by atoms with Gasteiger partial charge in [0, 0.05) is 27.6 Å². The fraction of sp³-hybridized carbons (Fsp3) is 0.231. The maximum absolute atomic E-state index is 13.5. The molecule has 1 amide bonds. The molecule has 4 aromatic rings. The lowest BCUT2D eigenvalue weighted by Crippen LogP contribution is -2.39. The molecule has 0 unspecified atom stereocenters. The van der Waals surface area contributed by atoms with Crippen LogP contribution >= 0.6 is 22.9 Å². The van der Waals surface area contributed by atoms with E-state index in [2.05, 4.69) is 4.98 Å². The van der Waals surface area contributed by atoms with Crippen molar-refractivity contribution in [1.82, 2.24) is 9.55 Å². The average molecular weight is 508 g/mol. The molecule has 0 radical (unpaired) electrons. The Balaban J connectivity index is 1.51. The molecule has 2 aromatic heterocycles. The molecule has 0 saturated carbocycles. The van der Waals surface area contributed by atoms with Crippen LogP contribution in [0.25, 0.3) is 21.3 Å². The molecule has 0 atom stereocenters. The van der Waals surface area contributed by atoms with E-state index in [4.69, 9.17) is 16.3 Å². The zero-order chi connectivity index (χ0) is 24.7. The number of nitrogens with zero attached hydrogens (tertiary/aromatic N) is 3. The fourth-order valence-corrected chi connectivity index (χ4v) is 5.43. The van der Waals surface area contributed by atoms with Crippen molar-refractivity contribution in [2.45, 2.75) is 26.8 Å². The number of carbonyl (C=O) groups is 2. The van der Waals surface area contributed by atoms with E-state index >= 15 is 0 Å². The molecule has 0 aliphatic carbocycles. The minimum atomic E-state index is -0.276. The van der Waals surface area contributed by atoms with Crippen LogP contribution in [0.4, 0.5) is 5.69 Å². The number of fused-ring (bicyclic) bond motifs is 2. The molecule has 0 spiro atoms. The van der Waals surface area contributed by atoms with E-state index in [1.807, 2.05) is 26.0 Å². The third-order valence-corrected chi connectivity index (χ3v) is 7.24. The summed E-state index contributed by atoms with van der Waals surface area (Å²) in [6.07, 6.45) is 2.19. The SMILES string of the molecule is CCCN1C(=O)COc2ccc(C(=O)Cn3cnc4sc(C)c(-c5ccc(Cl)cc5)c4c3=O)cc21. The van der Waals surface area contributed by atoms with Crippen LogP contribution < -0.4 is 15.2 Å². The van der Waals surface area contributed by atoms with Crippen molar-refractivity contribution in [3.63, 3.8) is 0 Å². The largest absolute Gasteiger partial charge is 0.482 e. The molecule has 178 valence electrons. The summed E-state index contributed by atoms with van der Waals surface area (Å²) in [4.78, 5) is 46.7. The molecule has 35 heavy (non-hydrogen) atoms. The highest BCUT2D eigenvalue weighted by atomic mass is 35.5. The molecule has 7 nitrogen and oxygen atoms in total. The standard InChI is InChI=1S/C26H22ClN3O4S/c1-3-10-30-19-11-17(6-9-21(19)34-13-22(30)32)20(31)12-29-14-28-25-24(26(29)33)23(15(2)35-25)16-4-7-18(27)8-5-16/h4-9,11,14H,3,10,12-13H2,1-2H3. The maximum Gasteiger partial charge on any atom is 0.265 e. The summed E-state index contributed by atoms with van der Waals surface area (Å²) in [5.41, 5.74) is 2.38. The Bertz CT molecular complexity index is 1520. The fourth-order valence-electron chi connectivity index (χ4n) is 4.30. The third kappa shape index (κ3) is 4.24. The number of amides is 1. The molecule has 5 rings (SSSR count). The first kappa shape index (κ1) is 23.3. The van der Waals surface area contributed by atoms with Crippen LogP contribution in [0.5, 0.6) is 5.75 Å². The molecular weight excluding hydrogens is 486 g/mol. The Hall–Kier alpha value is -3.49. The number of Topliss-reactive ketones (excluding diaryl/α,β-unsaturated/α-hetero) is 1. The molecule has 0 saturated heterocycles. The van der Waals surface area contributed by atoms with Crippen molar-refractivity contribution in [2.24, 2.45) is 0 Å². The van der Waals surface area contributed by atoms with Crippen molar-refractivity contribution in [2.75, 3.05) is 18.1 Å². The van der Waals surface area contributed by atoms with Gasteiger partial charge in [-0.1, -0.05) is 30.7 Å². The molecular formula is C26H22ClN3O4S. The Kier molecular flexibility index (Phi) is 6.17. The number of aryl methyl sites for hydroxylation is 1. The Morgan fingerprint density at radius 3 is 2.69 bits per heavy atom. The van der Waals surface area contributed by atoms with Crippen LogP contribution in [0.1, 0.15) is 28.6 Å². The van der Waals surface area contributed by atoms with E-state index in [0.29, 0.717) is 38.8 Å². The third-order valence-electron chi connectivity index (χ3n) is 5.97. The number of aromatic nitrogens is 2. The van der Waals surface area contributed by atoms with Crippen LogP contribution in [0, 0.1) is 6.92 Å². The van der Waals surface area contributed by atoms with E-state index in [0.717, 1.165) is 22.4 Å². The van der Waals surface area contributed by atoms with Gasteiger partial charge >= 0.3 is 0 Å². The second-order valence-corrected chi connectivity index (χ2v) is 9.98. The zero-order valence-electron chi connectivity index (χ0n) is 19.2. The van der Waals surface area contributed by atoms with Gasteiger partial charge < -0.3 is 9.64 Å². The van der Waals surface area contributed by atoms with E-state index in [-0.39, 0.29) is 30.4 Å². The van der Waals surface area contributed by atoms with Gasteiger partial charge in [0.15, 0.2) is 12.4 Å². The second-order valence-electron chi connectivity index (χ2n) is 8.34. The summed E-state index contributed by atoms with van der Waals surface area (Å²) in [7, 11) is 0. The molecule has 2 aromatic carbocycles. The lowest BCUT2D eigenvalue weighted by atomic mass is 10.0. The number of benzene rings is 2. The highest BCUT2D eigenvalue weighted by molar-refractivity contribution is 7.19. The van der Waals surface area contributed by atoms with Gasteiger partial charge in [-0.3, -0.25) is 19.0 Å². The van der Waals surface area contributed by atoms with Crippen molar-refractivity contribution in [1.29, 1.82) is 0 Å². The van der Waals surface area contributed by atoms with E-state index in [1.165, 1.54) is 22.2 Å². The lowest BCUT2D eigenvalue weighted by Gasteiger charge is -2.29. The van der Waals surface area contributed by atoms with Crippen molar-refractivity contribution >= 4 is 50.5 Å². The maximum atomic E-state index is 13.5. The monoisotopic (exact) mass is 507 g/mol. The van der Waals surface area contributed by atoms with Gasteiger partial charge in [0.25, 0.3) is 11.5 Å². The van der Waals surface area contributed by atoms with Gasteiger partial charge in [0.1, 0.15) is 10.6 Å². The van der Waals surface area contributed by atoms with Gasteiger partial charge in [-0.05, 0) is 49.2 Å². The Morgan fingerprint density at radius 1 is 1.17 bits per heavy atom. The van der Waals surface area contributed by atoms with E-state index < -0.39 is 0 Å². The smallest absolute Gasteiger partial charge is 0.265 e. The van der Waals surface area contributed by atoms with E-state index in [9.17, 15) is 14.4 Å². The predicted molar refractivity (Wildman–Crippen MR) is 138 cm³/mol. The van der Waals surface area contributed by atoms with Crippen LogP contribution in [0.3, 0.4) is 0 Å². The van der Waals surface area contributed by atoms with Gasteiger partial charge in [0.2, 0.25) is 0 Å². The number of hydrogen-bond donors (Lipinski definition) is 0. The van der Waals surface area contributed by atoms with Gasteiger partial charge in [-0.2, -0.15) is 0 Å². The van der Waals surface area contributed by atoms with Gasteiger partial charge in [0.05, 0.1) is 23.9 Å². The number of ether oxygens (including phenoxy) is 1. The number of halogens is 1. The first-order chi connectivity index (χ1) is 16.9. The number of carbonyl (C=O) groups excluding carboxylic acids is 2. The zero-order valence-corrected chi connectivity index (χ0v) is 20.8. The number of rotatable bonds is 6. The second kappa shape index (κ2) is 9.28. The van der Waals surface area contributed by atoms with Gasteiger partial charge in [-0.25, -0.2) is 4.98 Å². The van der Waals surface area contributed by atoms with Crippen LogP contribution in [0.2, 0.25) is 5.02 Å². The molecule has 0 fully saturated rings.